The van der Waals surface area contributed by atoms with E-state index >= 15 is 0 Å². The van der Waals surface area contributed by atoms with Gasteiger partial charge in [-0.3, -0.25) is 14.4 Å². The molecule has 0 aliphatic rings. The standard InChI is InChI=1S/C27H49NO11/c1-21(29)18-22(26(32)39-27(2,3)4)9-10-24(31)28-11-13-36-15-16-37-19-23(30)8-7-12-35-14-17-38-20-25(33-5)34-6/h22,25H,7-20H2,1-6H3,(H,28,31)/t22-/m1/s1. The molecule has 1 atom stereocenters. The molecule has 12 nitrogen and oxygen atoms in total. The van der Waals surface area contributed by atoms with E-state index < -0.39 is 23.8 Å². The zero-order chi connectivity index (χ0) is 29.5. The average Bonchev–Trinajstić information content (AvgIpc) is 2.85. The van der Waals surface area contributed by atoms with Gasteiger partial charge in [0, 0.05) is 46.6 Å². The molecule has 0 heterocycles. The number of esters is 1. The van der Waals surface area contributed by atoms with Gasteiger partial charge in [-0.05, 0) is 40.5 Å². The Kier molecular flexibility index (Phi) is 21.7. The Balaban J connectivity index is 3.73. The predicted octanol–water partition coefficient (Wildman–Crippen LogP) is 1.85. The topological polar surface area (TPSA) is 145 Å². The lowest BCUT2D eigenvalue weighted by atomic mass is 9.97. The van der Waals surface area contributed by atoms with Crippen LogP contribution < -0.4 is 5.32 Å². The average molecular weight is 564 g/mol. The lowest BCUT2D eigenvalue weighted by Gasteiger charge is -2.23. The van der Waals surface area contributed by atoms with E-state index in [4.69, 9.17) is 33.2 Å². The van der Waals surface area contributed by atoms with E-state index in [9.17, 15) is 19.2 Å². The summed E-state index contributed by atoms with van der Waals surface area (Å²) in [5, 5.41) is 2.72. The quantitative estimate of drug-likeness (QED) is 0.0987. The SMILES string of the molecule is COC(COCCOCCCC(=O)COCCOCCNC(=O)CC[C@H](CC(C)=O)C(=O)OC(C)(C)C)OC. The van der Waals surface area contributed by atoms with Gasteiger partial charge in [0.2, 0.25) is 5.91 Å². The largest absolute Gasteiger partial charge is 0.460 e. The van der Waals surface area contributed by atoms with Crippen LogP contribution in [0.4, 0.5) is 0 Å². The molecule has 12 heteroatoms. The molecule has 0 saturated carbocycles. The summed E-state index contributed by atoms with van der Waals surface area (Å²) < 4.78 is 36.8. The number of ether oxygens (including phenoxy) is 7. The van der Waals surface area contributed by atoms with Crippen molar-refractivity contribution in [1.82, 2.24) is 5.32 Å². The summed E-state index contributed by atoms with van der Waals surface area (Å²) in [4.78, 5) is 47.7. The third-order valence-electron chi connectivity index (χ3n) is 5.09. The van der Waals surface area contributed by atoms with Gasteiger partial charge in [-0.15, -0.1) is 0 Å². The van der Waals surface area contributed by atoms with Crippen molar-refractivity contribution < 1.29 is 52.3 Å². The van der Waals surface area contributed by atoms with E-state index in [-0.39, 0.29) is 56.6 Å². The van der Waals surface area contributed by atoms with E-state index in [0.717, 1.165) is 0 Å². The van der Waals surface area contributed by atoms with Gasteiger partial charge in [0.25, 0.3) is 0 Å². The van der Waals surface area contributed by atoms with Gasteiger partial charge in [0.1, 0.15) is 18.0 Å². The van der Waals surface area contributed by atoms with Crippen molar-refractivity contribution in [3.8, 4) is 0 Å². The van der Waals surface area contributed by atoms with Crippen LogP contribution in [0.25, 0.3) is 0 Å². The minimum atomic E-state index is -0.659. The second-order valence-corrected chi connectivity index (χ2v) is 9.92. The first-order valence-corrected chi connectivity index (χ1v) is 13.4. The summed E-state index contributed by atoms with van der Waals surface area (Å²) in [5.74, 6) is -1.50. The molecular formula is C27H49NO11. The molecule has 0 aromatic heterocycles. The number of rotatable bonds is 25. The molecule has 0 rings (SSSR count). The van der Waals surface area contributed by atoms with Gasteiger partial charge in [-0.1, -0.05) is 0 Å². The molecule has 0 bridgehead atoms. The van der Waals surface area contributed by atoms with E-state index in [0.29, 0.717) is 52.4 Å². The van der Waals surface area contributed by atoms with E-state index in [1.807, 2.05) is 0 Å². The number of ketones is 2. The van der Waals surface area contributed by atoms with Crippen LogP contribution in [0.5, 0.6) is 0 Å². The molecule has 0 fully saturated rings. The highest BCUT2D eigenvalue weighted by molar-refractivity contribution is 5.84. The van der Waals surface area contributed by atoms with Crippen molar-refractivity contribution in [2.24, 2.45) is 5.92 Å². The van der Waals surface area contributed by atoms with Crippen LogP contribution in [0.2, 0.25) is 0 Å². The first-order valence-electron chi connectivity index (χ1n) is 13.4. The molecule has 0 radical (unpaired) electrons. The maximum Gasteiger partial charge on any atom is 0.309 e. The highest BCUT2D eigenvalue weighted by Gasteiger charge is 2.26. The first kappa shape index (κ1) is 37.0. The Labute approximate surface area is 232 Å². The van der Waals surface area contributed by atoms with Gasteiger partial charge >= 0.3 is 5.97 Å². The van der Waals surface area contributed by atoms with Gasteiger partial charge in [-0.25, -0.2) is 0 Å². The molecule has 39 heavy (non-hydrogen) atoms. The Hall–Kier alpha value is -1.96. The minimum absolute atomic E-state index is 0.0116. The summed E-state index contributed by atoms with van der Waals surface area (Å²) in [6.45, 7) is 9.45. The fourth-order valence-corrected chi connectivity index (χ4v) is 3.17. The van der Waals surface area contributed by atoms with Crippen molar-refractivity contribution in [3.63, 3.8) is 0 Å². The minimum Gasteiger partial charge on any atom is -0.460 e. The van der Waals surface area contributed by atoms with Crippen molar-refractivity contribution >= 4 is 23.4 Å². The summed E-state index contributed by atoms with van der Waals surface area (Å²) in [6, 6.07) is 0. The summed E-state index contributed by atoms with van der Waals surface area (Å²) in [7, 11) is 3.08. The fraction of sp³-hybridized carbons (Fsp3) is 0.852. The van der Waals surface area contributed by atoms with Crippen molar-refractivity contribution in [3.05, 3.63) is 0 Å². The number of carbonyl (C=O) groups excluding carboxylic acids is 4. The van der Waals surface area contributed by atoms with Crippen LogP contribution in [-0.2, 0) is 52.3 Å². The third-order valence-corrected chi connectivity index (χ3v) is 5.09. The van der Waals surface area contributed by atoms with Crippen LogP contribution in [0, 0.1) is 5.92 Å². The van der Waals surface area contributed by atoms with Crippen molar-refractivity contribution in [2.45, 2.75) is 71.7 Å². The zero-order valence-electron chi connectivity index (χ0n) is 24.5. The Morgan fingerprint density at radius 3 is 2.03 bits per heavy atom. The Bertz CT molecular complexity index is 690. The third kappa shape index (κ3) is 23.6. The van der Waals surface area contributed by atoms with Gasteiger partial charge in [0.05, 0.1) is 45.6 Å². The van der Waals surface area contributed by atoms with Crippen LogP contribution >= 0.6 is 0 Å². The fourth-order valence-electron chi connectivity index (χ4n) is 3.17. The number of hydrogen-bond acceptors (Lipinski definition) is 11. The Morgan fingerprint density at radius 1 is 0.795 bits per heavy atom. The lowest BCUT2D eigenvalue weighted by molar-refractivity contribution is -0.161. The predicted molar refractivity (Wildman–Crippen MR) is 142 cm³/mol. The van der Waals surface area contributed by atoms with E-state index in [2.05, 4.69) is 5.32 Å². The smallest absolute Gasteiger partial charge is 0.309 e. The second-order valence-electron chi connectivity index (χ2n) is 9.92. The second kappa shape index (κ2) is 22.8. The van der Waals surface area contributed by atoms with Crippen molar-refractivity contribution in [1.29, 1.82) is 0 Å². The molecule has 228 valence electrons. The molecule has 0 aliphatic carbocycles. The molecule has 0 aromatic rings. The number of carbonyl (C=O) groups is 4. The Morgan fingerprint density at radius 2 is 1.41 bits per heavy atom. The highest BCUT2D eigenvalue weighted by atomic mass is 16.7. The molecule has 0 spiro atoms. The number of methoxy groups -OCH3 is 2. The van der Waals surface area contributed by atoms with Crippen LogP contribution in [0.1, 0.15) is 59.8 Å². The maximum atomic E-state index is 12.3. The maximum absolute atomic E-state index is 12.3. The number of nitrogens with one attached hydrogen (secondary N) is 1. The van der Waals surface area contributed by atoms with Gasteiger partial charge in [-0.2, -0.15) is 0 Å². The molecule has 0 aromatic carbocycles. The monoisotopic (exact) mass is 563 g/mol. The lowest BCUT2D eigenvalue weighted by Crippen LogP contribution is -2.32. The molecular weight excluding hydrogens is 514 g/mol. The van der Waals surface area contributed by atoms with Crippen LogP contribution in [-0.4, -0.2) is 109 Å². The molecule has 1 N–H and O–H groups in total. The van der Waals surface area contributed by atoms with Crippen LogP contribution in [0.15, 0.2) is 0 Å². The number of Topliss-reactive ketones (excluding diaryl/α,β-unsaturated/α-hetero) is 2. The normalized spacial score (nSPS) is 12.4. The number of hydrogen-bond donors (Lipinski definition) is 1. The highest BCUT2D eigenvalue weighted by Crippen LogP contribution is 2.18. The molecule has 0 unspecified atom stereocenters. The molecule has 0 aliphatic heterocycles. The van der Waals surface area contributed by atoms with Crippen molar-refractivity contribution in [2.75, 3.05) is 73.6 Å². The molecule has 1 amide bonds. The summed E-state index contributed by atoms with van der Waals surface area (Å²) in [6.07, 6.45) is 0.950. The van der Waals surface area contributed by atoms with Crippen LogP contribution in [0.3, 0.4) is 0 Å². The zero-order valence-corrected chi connectivity index (χ0v) is 24.5. The first-order chi connectivity index (χ1) is 18.5. The van der Waals surface area contributed by atoms with E-state index in [1.165, 1.54) is 6.92 Å². The number of amides is 1. The molecule has 0 saturated heterocycles. The summed E-state index contributed by atoms with van der Waals surface area (Å²) in [5.41, 5.74) is -0.659. The van der Waals surface area contributed by atoms with Gasteiger partial charge in [0.15, 0.2) is 12.1 Å². The summed E-state index contributed by atoms with van der Waals surface area (Å²) >= 11 is 0. The van der Waals surface area contributed by atoms with Gasteiger partial charge < -0.3 is 43.3 Å². The van der Waals surface area contributed by atoms with E-state index in [1.54, 1.807) is 35.0 Å².